The molecule has 0 aliphatic heterocycles. The molecule has 0 fully saturated rings. The van der Waals surface area contributed by atoms with Gasteiger partial charge < -0.3 is 25.4 Å². The average Bonchev–Trinajstić information content (AvgIpc) is 3.03. The standard InChI is InChI=1S/C33H29Cl2N3O5S/c1-20(31(39)37-26-14-8-13-25(34)30(26)35)44-24-12-7-11-23(19-24)36-33(41)27(38-32(40)22-9-5-4-6-10-22)17-21-15-16-28(42-2)29(18-21)43-3/h4-20H,1-3H3,(H,36,41)(H,37,39)(H,38,40)/b27-17+. The highest BCUT2D eigenvalue weighted by Crippen LogP contribution is 2.32. The van der Waals surface area contributed by atoms with E-state index in [2.05, 4.69) is 16.0 Å². The molecule has 0 heterocycles. The highest BCUT2D eigenvalue weighted by Gasteiger charge is 2.19. The number of thioether (sulfide) groups is 1. The molecule has 0 radical (unpaired) electrons. The Balaban J connectivity index is 1.52. The van der Waals surface area contributed by atoms with E-state index in [1.54, 1.807) is 97.9 Å². The molecule has 1 unspecified atom stereocenters. The van der Waals surface area contributed by atoms with Crippen LogP contribution in [0.25, 0.3) is 6.08 Å². The largest absolute Gasteiger partial charge is 0.493 e. The molecule has 3 N–H and O–H groups in total. The molecule has 0 aliphatic carbocycles. The summed E-state index contributed by atoms with van der Waals surface area (Å²) in [7, 11) is 3.04. The van der Waals surface area contributed by atoms with Crippen molar-refractivity contribution in [3.05, 3.63) is 118 Å². The first-order chi connectivity index (χ1) is 21.2. The number of rotatable bonds is 11. The van der Waals surface area contributed by atoms with Crippen molar-refractivity contribution in [3.8, 4) is 11.5 Å². The topological polar surface area (TPSA) is 106 Å². The molecule has 44 heavy (non-hydrogen) atoms. The van der Waals surface area contributed by atoms with Crippen LogP contribution in [0.3, 0.4) is 0 Å². The number of carbonyl (C=O) groups is 3. The molecule has 11 heteroatoms. The molecule has 226 valence electrons. The van der Waals surface area contributed by atoms with E-state index in [0.29, 0.717) is 39.0 Å². The van der Waals surface area contributed by atoms with Gasteiger partial charge in [-0.15, -0.1) is 11.8 Å². The van der Waals surface area contributed by atoms with Crippen LogP contribution in [-0.2, 0) is 9.59 Å². The number of nitrogens with one attached hydrogen (secondary N) is 3. The van der Waals surface area contributed by atoms with E-state index in [0.717, 1.165) is 4.90 Å². The van der Waals surface area contributed by atoms with Gasteiger partial charge in [0.1, 0.15) is 5.70 Å². The summed E-state index contributed by atoms with van der Waals surface area (Å²) in [6.45, 7) is 1.76. The van der Waals surface area contributed by atoms with Gasteiger partial charge in [0, 0.05) is 16.1 Å². The number of ether oxygens (including phenoxy) is 2. The second-order valence-corrected chi connectivity index (χ2v) is 11.5. The SMILES string of the molecule is COc1ccc(/C=C(/NC(=O)c2ccccc2)C(=O)Nc2cccc(SC(C)C(=O)Nc3cccc(Cl)c3Cl)c2)cc1OC. The van der Waals surface area contributed by atoms with E-state index in [1.807, 2.05) is 6.07 Å². The number of halogens is 2. The first kappa shape index (κ1) is 32.5. The number of hydrogen-bond donors (Lipinski definition) is 3. The molecule has 4 aromatic rings. The predicted molar refractivity (Wildman–Crippen MR) is 177 cm³/mol. The lowest BCUT2D eigenvalue weighted by molar-refractivity contribution is -0.115. The maximum Gasteiger partial charge on any atom is 0.272 e. The summed E-state index contributed by atoms with van der Waals surface area (Å²) >= 11 is 13.6. The van der Waals surface area contributed by atoms with E-state index < -0.39 is 17.1 Å². The minimum Gasteiger partial charge on any atom is -0.493 e. The van der Waals surface area contributed by atoms with Crippen LogP contribution in [0.5, 0.6) is 11.5 Å². The van der Waals surface area contributed by atoms with Gasteiger partial charge >= 0.3 is 0 Å². The number of benzene rings is 4. The predicted octanol–water partition coefficient (Wildman–Crippen LogP) is 7.54. The van der Waals surface area contributed by atoms with Crippen molar-refractivity contribution in [2.75, 3.05) is 24.9 Å². The molecule has 1 atom stereocenters. The Morgan fingerprint density at radius 2 is 1.55 bits per heavy atom. The lowest BCUT2D eigenvalue weighted by Crippen LogP contribution is -2.30. The Bertz CT molecular complexity index is 1700. The zero-order valence-corrected chi connectivity index (χ0v) is 26.3. The van der Waals surface area contributed by atoms with Crippen LogP contribution in [-0.4, -0.2) is 37.2 Å². The third kappa shape index (κ3) is 8.57. The van der Waals surface area contributed by atoms with Gasteiger partial charge in [-0.25, -0.2) is 0 Å². The minimum atomic E-state index is -0.549. The second kappa shape index (κ2) is 15.3. The van der Waals surface area contributed by atoms with Gasteiger partial charge in [0.2, 0.25) is 5.91 Å². The van der Waals surface area contributed by atoms with E-state index in [-0.39, 0.29) is 16.6 Å². The van der Waals surface area contributed by atoms with Crippen LogP contribution in [0.15, 0.2) is 102 Å². The third-order valence-electron chi connectivity index (χ3n) is 6.23. The Morgan fingerprint density at radius 3 is 2.27 bits per heavy atom. The van der Waals surface area contributed by atoms with Crippen LogP contribution < -0.4 is 25.4 Å². The summed E-state index contributed by atoms with van der Waals surface area (Å²) in [5, 5.41) is 8.46. The molecule has 8 nitrogen and oxygen atoms in total. The van der Waals surface area contributed by atoms with Crippen molar-refractivity contribution in [2.24, 2.45) is 0 Å². The fourth-order valence-electron chi connectivity index (χ4n) is 3.99. The summed E-state index contributed by atoms with van der Waals surface area (Å²) in [5.74, 6) is -0.269. The first-order valence-electron chi connectivity index (χ1n) is 13.3. The van der Waals surface area contributed by atoms with Gasteiger partial charge in [-0.3, -0.25) is 14.4 Å². The van der Waals surface area contributed by atoms with Crippen molar-refractivity contribution in [2.45, 2.75) is 17.1 Å². The van der Waals surface area contributed by atoms with Gasteiger partial charge in [0.25, 0.3) is 11.8 Å². The van der Waals surface area contributed by atoms with E-state index in [9.17, 15) is 14.4 Å². The lowest BCUT2D eigenvalue weighted by Gasteiger charge is -2.15. The van der Waals surface area contributed by atoms with Gasteiger partial charge in [-0.2, -0.15) is 0 Å². The van der Waals surface area contributed by atoms with E-state index in [4.69, 9.17) is 32.7 Å². The molecular weight excluding hydrogens is 621 g/mol. The first-order valence-corrected chi connectivity index (χ1v) is 14.9. The maximum atomic E-state index is 13.5. The van der Waals surface area contributed by atoms with Gasteiger partial charge in [-0.1, -0.05) is 59.6 Å². The molecule has 0 saturated heterocycles. The maximum absolute atomic E-state index is 13.5. The van der Waals surface area contributed by atoms with E-state index in [1.165, 1.54) is 26.0 Å². The van der Waals surface area contributed by atoms with Gasteiger partial charge in [-0.05, 0) is 73.2 Å². The van der Waals surface area contributed by atoms with E-state index >= 15 is 0 Å². The number of amides is 3. The minimum absolute atomic E-state index is 0.00951. The van der Waals surface area contributed by atoms with Gasteiger partial charge in [0.05, 0.1) is 35.2 Å². The number of anilines is 2. The number of hydrogen-bond acceptors (Lipinski definition) is 6. The van der Waals surface area contributed by atoms with Crippen LogP contribution >= 0.6 is 35.0 Å². The van der Waals surface area contributed by atoms with Crippen molar-refractivity contribution < 1.29 is 23.9 Å². The van der Waals surface area contributed by atoms with Crippen LogP contribution in [0.1, 0.15) is 22.8 Å². The fraction of sp³-hybridized carbons (Fsp3) is 0.121. The lowest BCUT2D eigenvalue weighted by atomic mass is 10.1. The number of carbonyl (C=O) groups excluding carboxylic acids is 3. The van der Waals surface area contributed by atoms with Crippen molar-refractivity contribution in [3.63, 3.8) is 0 Å². The normalized spacial score (nSPS) is 11.7. The van der Waals surface area contributed by atoms with Crippen LogP contribution in [0.2, 0.25) is 10.0 Å². The Labute approximate surface area is 269 Å². The monoisotopic (exact) mass is 649 g/mol. The highest BCUT2D eigenvalue weighted by atomic mass is 35.5. The summed E-state index contributed by atoms with van der Waals surface area (Å²) in [5.41, 5.74) is 1.89. The summed E-state index contributed by atoms with van der Waals surface area (Å²) in [6.07, 6.45) is 1.55. The average molecular weight is 651 g/mol. The third-order valence-corrected chi connectivity index (χ3v) is 8.14. The van der Waals surface area contributed by atoms with Crippen LogP contribution in [0.4, 0.5) is 11.4 Å². The molecule has 0 spiro atoms. The molecule has 4 rings (SSSR count). The molecule has 0 bridgehead atoms. The molecule has 0 aromatic heterocycles. The Hall–Kier alpha value is -4.44. The summed E-state index contributed by atoms with van der Waals surface area (Å²) in [6, 6.07) is 25.8. The number of methoxy groups -OCH3 is 2. The Morgan fingerprint density at radius 1 is 0.818 bits per heavy atom. The van der Waals surface area contributed by atoms with Crippen LogP contribution in [0, 0.1) is 0 Å². The summed E-state index contributed by atoms with van der Waals surface area (Å²) in [4.78, 5) is 40.1. The zero-order chi connectivity index (χ0) is 31.6. The van der Waals surface area contributed by atoms with Gasteiger partial charge in [0.15, 0.2) is 11.5 Å². The van der Waals surface area contributed by atoms with Crippen molar-refractivity contribution >= 4 is 70.1 Å². The summed E-state index contributed by atoms with van der Waals surface area (Å²) < 4.78 is 10.7. The van der Waals surface area contributed by atoms with Crippen molar-refractivity contribution in [1.82, 2.24) is 5.32 Å². The second-order valence-electron chi connectivity index (χ2n) is 9.33. The highest BCUT2D eigenvalue weighted by molar-refractivity contribution is 8.00. The molecule has 0 saturated carbocycles. The molecule has 3 amide bonds. The Kier molecular flexibility index (Phi) is 11.3. The fourth-order valence-corrected chi connectivity index (χ4v) is 5.26. The van der Waals surface area contributed by atoms with Crippen molar-refractivity contribution in [1.29, 1.82) is 0 Å². The smallest absolute Gasteiger partial charge is 0.272 e. The molecular formula is C33H29Cl2N3O5S. The quantitative estimate of drug-likeness (QED) is 0.114. The zero-order valence-electron chi connectivity index (χ0n) is 24.0. The molecule has 4 aromatic carbocycles. The molecule has 0 aliphatic rings.